The van der Waals surface area contributed by atoms with Gasteiger partial charge in [-0.15, -0.1) is 0 Å². The number of nitrogens with one attached hydrogen (secondary N) is 1. The van der Waals surface area contributed by atoms with Crippen molar-refractivity contribution in [2.75, 3.05) is 13.2 Å². The standard InChI is InChI=1S/C16H27FN4/c1-16(2,3)13-6-4-12(5-7-13)11-20-9-8-14(10-17)21-15(18)19/h4-7,14,20H,8-11H2,1-3H3,(H4,18,19,21). The number of guanidine groups is 1. The number of rotatable bonds is 7. The fraction of sp³-hybridized carbons (Fsp3) is 0.562. The van der Waals surface area contributed by atoms with Crippen LogP contribution < -0.4 is 16.8 Å². The van der Waals surface area contributed by atoms with E-state index in [-0.39, 0.29) is 11.4 Å². The molecule has 0 aliphatic heterocycles. The summed E-state index contributed by atoms with van der Waals surface area (Å²) in [6.07, 6.45) is 0.578. The van der Waals surface area contributed by atoms with Crippen LogP contribution in [0.15, 0.2) is 29.3 Å². The first-order valence-electron chi connectivity index (χ1n) is 7.27. The Hall–Kier alpha value is -1.62. The number of benzene rings is 1. The summed E-state index contributed by atoms with van der Waals surface area (Å²) >= 11 is 0. The largest absolute Gasteiger partial charge is 0.370 e. The lowest BCUT2D eigenvalue weighted by Crippen LogP contribution is -2.28. The third kappa shape index (κ3) is 6.58. The van der Waals surface area contributed by atoms with Gasteiger partial charge in [0.25, 0.3) is 0 Å². The van der Waals surface area contributed by atoms with Crippen molar-refractivity contribution in [2.45, 2.75) is 45.2 Å². The average molecular weight is 294 g/mol. The van der Waals surface area contributed by atoms with Crippen LogP contribution in [0.4, 0.5) is 4.39 Å². The van der Waals surface area contributed by atoms with Gasteiger partial charge in [-0.25, -0.2) is 9.38 Å². The van der Waals surface area contributed by atoms with Crippen molar-refractivity contribution in [1.82, 2.24) is 5.32 Å². The van der Waals surface area contributed by atoms with Gasteiger partial charge in [-0.1, -0.05) is 45.0 Å². The lowest BCUT2D eigenvalue weighted by Gasteiger charge is -2.19. The molecule has 0 fully saturated rings. The van der Waals surface area contributed by atoms with Gasteiger partial charge >= 0.3 is 0 Å². The summed E-state index contributed by atoms with van der Waals surface area (Å²) in [4.78, 5) is 3.84. The molecular formula is C16H27FN4. The molecule has 0 spiro atoms. The van der Waals surface area contributed by atoms with Crippen LogP contribution in [0.1, 0.15) is 38.3 Å². The fourth-order valence-electron chi connectivity index (χ4n) is 2.01. The smallest absolute Gasteiger partial charge is 0.186 e. The second-order valence-electron chi connectivity index (χ2n) is 6.27. The predicted molar refractivity (Wildman–Crippen MR) is 87.0 cm³/mol. The summed E-state index contributed by atoms with van der Waals surface area (Å²) < 4.78 is 12.7. The van der Waals surface area contributed by atoms with E-state index in [0.717, 1.165) is 6.54 Å². The lowest BCUT2D eigenvalue weighted by molar-refractivity contribution is 0.408. The second kappa shape index (κ2) is 7.98. The van der Waals surface area contributed by atoms with Gasteiger partial charge in [-0.05, 0) is 29.5 Å². The van der Waals surface area contributed by atoms with Gasteiger partial charge < -0.3 is 16.8 Å². The van der Waals surface area contributed by atoms with Gasteiger partial charge in [0.15, 0.2) is 5.96 Å². The molecule has 118 valence electrons. The van der Waals surface area contributed by atoms with E-state index in [0.29, 0.717) is 13.0 Å². The van der Waals surface area contributed by atoms with Crippen LogP contribution in [-0.2, 0) is 12.0 Å². The molecule has 0 amide bonds. The van der Waals surface area contributed by atoms with Crippen LogP contribution >= 0.6 is 0 Å². The van der Waals surface area contributed by atoms with E-state index in [1.807, 2.05) is 0 Å². The van der Waals surface area contributed by atoms with Crippen LogP contribution in [0.2, 0.25) is 0 Å². The van der Waals surface area contributed by atoms with Gasteiger partial charge in [-0.3, -0.25) is 0 Å². The second-order valence-corrected chi connectivity index (χ2v) is 6.27. The van der Waals surface area contributed by atoms with E-state index >= 15 is 0 Å². The summed E-state index contributed by atoms with van der Waals surface area (Å²) in [6.45, 7) is 7.47. The van der Waals surface area contributed by atoms with E-state index in [1.54, 1.807) is 0 Å². The first kappa shape index (κ1) is 17.4. The maximum atomic E-state index is 12.7. The Balaban J connectivity index is 2.38. The van der Waals surface area contributed by atoms with E-state index in [9.17, 15) is 4.39 Å². The number of hydrogen-bond donors (Lipinski definition) is 3. The maximum Gasteiger partial charge on any atom is 0.186 e. The molecule has 21 heavy (non-hydrogen) atoms. The monoisotopic (exact) mass is 294 g/mol. The van der Waals surface area contributed by atoms with E-state index in [4.69, 9.17) is 11.5 Å². The van der Waals surface area contributed by atoms with Crippen LogP contribution in [0.5, 0.6) is 0 Å². The van der Waals surface area contributed by atoms with Crippen molar-refractivity contribution < 1.29 is 4.39 Å². The molecule has 1 unspecified atom stereocenters. The number of hydrogen-bond acceptors (Lipinski definition) is 2. The van der Waals surface area contributed by atoms with Crippen molar-refractivity contribution in [2.24, 2.45) is 16.5 Å². The van der Waals surface area contributed by atoms with Crippen molar-refractivity contribution in [1.29, 1.82) is 0 Å². The maximum absolute atomic E-state index is 12.7. The molecule has 1 aromatic carbocycles. The number of nitrogens with zero attached hydrogens (tertiary/aromatic N) is 1. The van der Waals surface area contributed by atoms with Crippen molar-refractivity contribution in [3.05, 3.63) is 35.4 Å². The molecule has 0 saturated carbocycles. The van der Waals surface area contributed by atoms with E-state index < -0.39 is 12.7 Å². The Bertz CT molecular complexity index is 444. The van der Waals surface area contributed by atoms with Gasteiger partial charge in [-0.2, -0.15) is 0 Å². The molecule has 0 aromatic heterocycles. The molecule has 0 aliphatic rings. The van der Waals surface area contributed by atoms with Crippen LogP contribution in [0, 0.1) is 0 Å². The zero-order valence-corrected chi connectivity index (χ0v) is 13.2. The van der Waals surface area contributed by atoms with Crippen LogP contribution in [-0.4, -0.2) is 25.2 Å². The molecule has 1 rings (SSSR count). The van der Waals surface area contributed by atoms with Crippen LogP contribution in [0.25, 0.3) is 0 Å². The highest BCUT2D eigenvalue weighted by atomic mass is 19.1. The molecule has 5 heteroatoms. The number of nitrogens with two attached hydrogens (primary N) is 2. The summed E-state index contributed by atoms with van der Waals surface area (Å²) in [6, 6.07) is 8.10. The SMILES string of the molecule is CC(C)(C)c1ccc(CNCCC(CF)N=C(N)N)cc1. The molecule has 0 aliphatic carbocycles. The molecule has 4 nitrogen and oxygen atoms in total. The summed E-state index contributed by atoms with van der Waals surface area (Å²) in [5, 5.41) is 3.28. The zero-order valence-electron chi connectivity index (χ0n) is 13.2. The molecule has 5 N–H and O–H groups in total. The minimum absolute atomic E-state index is 0.0598. The Morgan fingerprint density at radius 2 is 1.86 bits per heavy atom. The highest BCUT2D eigenvalue weighted by molar-refractivity contribution is 5.75. The quantitative estimate of drug-likeness (QED) is 0.409. The first-order valence-corrected chi connectivity index (χ1v) is 7.27. The zero-order chi connectivity index (χ0) is 15.9. The van der Waals surface area contributed by atoms with E-state index in [1.165, 1.54) is 11.1 Å². The molecule has 0 heterocycles. The van der Waals surface area contributed by atoms with Crippen LogP contribution in [0.3, 0.4) is 0 Å². The Morgan fingerprint density at radius 3 is 2.33 bits per heavy atom. The summed E-state index contributed by atoms with van der Waals surface area (Å²) in [5.41, 5.74) is 13.2. The summed E-state index contributed by atoms with van der Waals surface area (Å²) in [5.74, 6) is -0.0598. The minimum Gasteiger partial charge on any atom is -0.370 e. The molecule has 1 atom stereocenters. The summed E-state index contributed by atoms with van der Waals surface area (Å²) in [7, 11) is 0. The van der Waals surface area contributed by atoms with E-state index in [2.05, 4.69) is 55.3 Å². The van der Waals surface area contributed by atoms with Gasteiger partial charge in [0.05, 0.1) is 6.04 Å². The third-order valence-corrected chi connectivity index (χ3v) is 3.31. The topological polar surface area (TPSA) is 76.4 Å². The molecule has 0 bridgehead atoms. The molecule has 0 saturated heterocycles. The van der Waals surface area contributed by atoms with Crippen molar-refractivity contribution in [3.8, 4) is 0 Å². The Morgan fingerprint density at radius 1 is 1.24 bits per heavy atom. The fourth-order valence-corrected chi connectivity index (χ4v) is 2.01. The highest BCUT2D eigenvalue weighted by Crippen LogP contribution is 2.22. The van der Waals surface area contributed by atoms with Gasteiger partial charge in [0.2, 0.25) is 0 Å². The first-order chi connectivity index (χ1) is 9.82. The predicted octanol–water partition coefficient (Wildman–Crippen LogP) is 2.08. The number of aliphatic imine (C=N–C) groups is 1. The van der Waals surface area contributed by atoms with Crippen molar-refractivity contribution in [3.63, 3.8) is 0 Å². The van der Waals surface area contributed by atoms with Gasteiger partial charge in [0, 0.05) is 6.54 Å². The number of halogens is 1. The Labute approximate surface area is 126 Å². The molecule has 0 radical (unpaired) electrons. The van der Waals surface area contributed by atoms with Gasteiger partial charge in [0.1, 0.15) is 6.67 Å². The Kier molecular flexibility index (Phi) is 6.62. The average Bonchev–Trinajstić information content (AvgIpc) is 2.41. The molecule has 1 aromatic rings. The molecular weight excluding hydrogens is 267 g/mol. The lowest BCUT2D eigenvalue weighted by atomic mass is 9.87. The number of alkyl halides is 1. The normalized spacial score (nSPS) is 13.0. The minimum atomic E-state index is -0.542. The highest BCUT2D eigenvalue weighted by Gasteiger charge is 2.12. The third-order valence-electron chi connectivity index (χ3n) is 3.31. The van der Waals surface area contributed by atoms with Crippen molar-refractivity contribution >= 4 is 5.96 Å².